The van der Waals surface area contributed by atoms with E-state index in [1.54, 1.807) is 30.3 Å². The first-order valence-electron chi connectivity index (χ1n) is 10.6. The molecule has 4 rings (SSSR count). The Balaban J connectivity index is 1.51. The Morgan fingerprint density at radius 1 is 1.10 bits per heavy atom. The number of hydrogen-bond acceptors (Lipinski definition) is 5. The Labute approximate surface area is 183 Å². The second kappa shape index (κ2) is 9.14. The van der Waals surface area contributed by atoms with Gasteiger partial charge in [0.2, 0.25) is 5.95 Å². The summed E-state index contributed by atoms with van der Waals surface area (Å²) in [7, 11) is 0. The number of benzene rings is 1. The molecule has 0 bridgehead atoms. The summed E-state index contributed by atoms with van der Waals surface area (Å²) in [4.78, 5) is 26.9. The maximum Gasteiger partial charge on any atom is 0.274 e. The first-order chi connectivity index (χ1) is 14.5. The van der Waals surface area contributed by atoms with Crippen molar-refractivity contribution < 1.29 is 4.79 Å². The highest BCUT2D eigenvalue weighted by Crippen LogP contribution is 2.25. The van der Waals surface area contributed by atoms with E-state index in [4.69, 9.17) is 11.6 Å². The van der Waals surface area contributed by atoms with Gasteiger partial charge >= 0.3 is 0 Å². The largest absolute Gasteiger partial charge is 0.341 e. The highest BCUT2D eigenvalue weighted by Gasteiger charge is 2.28. The molecule has 0 unspecified atom stereocenters. The Hall–Kier alpha value is -2.44. The minimum Gasteiger partial charge on any atom is -0.341 e. The number of amides is 1. The standard InChI is InChI=1S/C23H28ClN5O/c1-16(2)20-15-21(22(30)25-18-7-5-6-17(24)14-18)27-23(26-20)29-12-8-19(9-13-29)28-10-3-4-11-28/h5-7,14-15,19H,1,3-4,8-13H2,2H3,(H,25,30). The average Bonchev–Trinajstić information content (AvgIpc) is 3.28. The molecule has 6 nitrogen and oxygen atoms in total. The van der Waals surface area contributed by atoms with Crippen LogP contribution in [-0.2, 0) is 0 Å². The van der Waals surface area contributed by atoms with Gasteiger partial charge in [-0.2, -0.15) is 0 Å². The number of carbonyl (C=O) groups is 1. The second-order valence-corrected chi connectivity index (χ2v) is 8.58. The van der Waals surface area contributed by atoms with E-state index in [-0.39, 0.29) is 5.91 Å². The van der Waals surface area contributed by atoms with Crippen molar-refractivity contribution in [3.63, 3.8) is 0 Å². The number of nitrogens with one attached hydrogen (secondary N) is 1. The molecule has 30 heavy (non-hydrogen) atoms. The number of anilines is 2. The lowest BCUT2D eigenvalue weighted by Gasteiger charge is -2.36. The number of carbonyl (C=O) groups excluding carboxylic acids is 1. The summed E-state index contributed by atoms with van der Waals surface area (Å²) in [6, 6.07) is 9.43. The molecule has 1 aromatic carbocycles. The van der Waals surface area contributed by atoms with Crippen LogP contribution < -0.4 is 10.2 Å². The van der Waals surface area contributed by atoms with Crippen LogP contribution in [0.25, 0.3) is 5.57 Å². The molecule has 0 radical (unpaired) electrons. The van der Waals surface area contributed by atoms with Crippen LogP contribution in [0, 0.1) is 0 Å². The van der Waals surface area contributed by atoms with Gasteiger partial charge in [0.05, 0.1) is 5.69 Å². The monoisotopic (exact) mass is 425 g/mol. The minimum atomic E-state index is -0.282. The van der Waals surface area contributed by atoms with Crippen molar-refractivity contribution in [3.05, 3.63) is 53.3 Å². The third-order valence-electron chi connectivity index (χ3n) is 5.87. The topological polar surface area (TPSA) is 61.4 Å². The van der Waals surface area contributed by atoms with Crippen molar-refractivity contribution in [1.82, 2.24) is 14.9 Å². The molecule has 2 fully saturated rings. The van der Waals surface area contributed by atoms with Crippen molar-refractivity contribution in [2.24, 2.45) is 0 Å². The van der Waals surface area contributed by atoms with Crippen molar-refractivity contribution >= 4 is 34.7 Å². The summed E-state index contributed by atoms with van der Waals surface area (Å²) in [5.41, 5.74) is 2.47. The minimum absolute atomic E-state index is 0.282. The Kier molecular flexibility index (Phi) is 6.35. The molecule has 2 aromatic rings. The van der Waals surface area contributed by atoms with E-state index >= 15 is 0 Å². The molecule has 158 valence electrons. The first kappa shape index (κ1) is 20.8. The van der Waals surface area contributed by atoms with Crippen molar-refractivity contribution in [3.8, 4) is 0 Å². The van der Waals surface area contributed by atoms with Gasteiger partial charge < -0.3 is 15.1 Å². The van der Waals surface area contributed by atoms with Crippen molar-refractivity contribution in [2.45, 2.75) is 38.6 Å². The van der Waals surface area contributed by atoms with Crippen LogP contribution in [0.5, 0.6) is 0 Å². The van der Waals surface area contributed by atoms with E-state index in [1.807, 2.05) is 6.92 Å². The van der Waals surface area contributed by atoms with Crippen LogP contribution >= 0.6 is 11.6 Å². The van der Waals surface area contributed by atoms with Gasteiger partial charge in [-0.15, -0.1) is 0 Å². The predicted octanol–water partition coefficient (Wildman–Crippen LogP) is 4.48. The fraction of sp³-hybridized carbons (Fsp3) is 0.435. The smallest absolute Gasteiger partial charge is 0.274 e. The molecule has 1 N–H and O–H groups in total. The number of likely N-dealkylation sites (tertiary alicyclic amines) is 1. The number of aromatic nitrogens is 2. The second-order valence-electron chi connectivity index (χ2n) is 8.14. The van der Waals surface area contributed by atoms with Crippen LogP contribution in [0.3, 0.4) is 0 Å². The number of halogens is 1. The Morgan fingerprint density at radius 2 is 1.80 bits per heavy atom. The number of rotatable bonds is 5. The maximum absolute atomic E-state index is 12.9. The zero-order valence-electron chi connectivity index (χ0n) is 17.4. The van der Waals surface area contributed by atoms with E-state index in [0.717, 1.165) is 31.5 Å². The van der Waals surface area contributed by atoms with E-state index in [9.17, 15) is 4.79 Å². The fourth-order valence-corrected chi connectivity index (χ4v) is 4.40. The molecule has 0 aliphatic carbocycles. The summed E-state index contributed by atoms with van der Waals surface area (Å²) in [6.07, 6.45) is 4.83. The van der Waals surface area contributed by atoms with Gasteiger partial charge in [0.1, 0.15) is 5.69 Å². The lowest BCUT2D eigenvalue weighted by molar-refractivity contribution is 0.102. The summed E-state index contributed by atoms with van der Waals surface area (Å²) in [5.74, 6) is 0.321. The molecule has 1 amide bonds. The molecule has 2 aliphatic heterocycles. The van der Waals surface area contributed by atoms with Crippen LogP contribution in [-0.4, -0.2) is 53.0 Å². The first-order valence-corrected chi connectivity index (χ1v) is 11.0. The molecule has 3 heterocycles. The van der Waals surface area contributed by atoms with Crippen LogP contribution in [0.1, 0.15) is 48.8 Å². The van der Waals surface area contributed by atoms with Crippen molar-refractivity contribution in [2.75, 3.05) is 36.4 Å². The third-order valence-corrected chi connectivity index (χ3v) is 6.11. The Bertz CT molecular complexity index is 933. The summed E-state index contributed by atoms with van der Waals surface area (Å²) < 4.78 is 0. The third kappa shape index (κ3) is 4.82. The Morgan fingerprint density at radius 3 is 2.47 bits per heavy atom. The fourth-order valence-electron chi connectivity index (χ4n) is 4.21. The number of hydrogen-bond donors (Lipinski definition) is 1. The number of piperidine rings is 1. The molecule has 0 saturated carbocycles. The molecule has 7 heteroatoms. The molecule has 0 spiro atoms. The average molecular weight is 426 g/mol. The van der Waals surface area contributed by atoms with Crippen LogP contribution in [0.15, 0.2) is 36.9 Å². The van der Waals surface area contributed by atoms with Crippen molar-refractivity contribution in [1.29, 1.82) is 0 Å². The van der Waals surface area contributed by atoms with Gasteiger partial charge in [-0.1, -0.05) is 24.2 Å². The SMILES string of the molecule is C=C(C)c1cc(C(=O)Nc2cccc(Cl)c2)nc(N2CCC(N3CCCC3)CC2)n1. The summed E-state index contributed by atoms with van der Waals surface area (Å²) in [6.45, 7) is 10.1. The normalized spacial score (nSPS) is 17.9. The lowest BCUT2D eigenvalue weighted by atomic mass is 10.0. The summed E-state index contributed by atoms with van der Waals surface area (Å²) in [5, 5.41) is 3.44. The molecule has 2 aliphatic rings. The van der Waals surface area contributed by atoms with Gasteiger partial charge in [0.15, 0.2) is 0 Å². The zero-order valence-corrected chi connectivity index (χ0v) is 18.2. The molecular weight excluding hydrogens is 398 g/mol. The van der Waals surface area contributed by atoms with E-state index in [2.05, 4.69) is 31.7 Å². The van der Waals surface area contributed by atoms with Gasteiger partial charge in [-0.3, -0.25) is 4.79 Å². The number of allylic oxidation sites excluding steroid dienone is 1. The van der Waals surface area contributed by atoms with E-state index in [0.29, 0.717) is 34.1 Å². The maximum atomic E-state index is 12.9. The highest BCUT2D eigenvalue weighted by molar-refractivity contribution is 6.30. The highest BCUT2D eigenvalue weighted by atomic mass is 35.5. The van der Waals surface area contributed by atoms with E-state index in [1.165, 1.54) is 25.9 Å². The predicted molar refractivity (Wildman–Crippen MR) is 122 cm³/mol. The molecule has 1 aromatic heterocycles. The molecular formula is C23H28ClN5O. The summed E-state index contributed by atoms with van der Waals surface area (Å²) >= 11 is 6.03. The van der Waals surface area contributed by atoms with E-state index < -0.39 is 0 Å². The van der Waals surface area contributed by atoms with Gasteiger partial charge in [-0.25, -0.2) is 9.97 Å². The van der Waals surface area contributed by atoms with Crippen LogP contribution in [0.2, 0.25) is 5.02 Å². The molecule has 2 saturated heterocycles. The quantitative estimate of drug-likeness (QED) is 0.765. The van der Waals surface area contributed by atoms with Gasteiger partial charge in [-0.05, 0) is 75.5 Å². The lowest BCUT2D eigenvalue weighted by Crippen LogP contribution is -2.44. The zero-order chi connectivity index (χ0) is 21.1. The van der Waals surface area contributed by atoms with Crippen LogP contribution in [0.4, 0.5) is 11.6 Å². The van der Waals surface area contributed by atoms with Gasteiger partial charge in [0, 0.05) is 29.8 Å². The van der Waals surface area contributed by atoms with Gasteiger partial charge in [0.25, 0.3) is 5.91 Å². The number of nitrogens with zero attached hydrogens (tertiary/aromatic N) is 4. The molecule has 0 atom stereocenters.